The van der Waals surface area contributed by atoms with Gasteiger partial charge in [-0.2, -0.15) is 0 Å². The van der Waals surface area contributed by atoms with Gasteiger partial charge in [-0.3, -0.25) is 9.69 Å². The van der Waals surface area contributed by atoms with E-state index in [1.165, 1.54) is 0 Å². The average Bonchev–Trinajstić information content (AvgIpc) is 2.38. The van der Waals surface area contributed by atoms with Crippen molar-refractivity contribution in [2.75, 3.05) is 32.8 Å². The molecule has 1 aliphatic heterocycles. The summed E-state index contributed by atoms with van der Waals surface area (Å²) in [5.74, 6) is 0.230. The lowest BCUT2D eigenvalue weighted by Crippen LogP contribution is -2.37. The number of halogens is 2. The van der Waals surface area contributed by atoms with Crippen LogP contribution in [0.2, 0.25) is 0 Å². The number of ether oxygens (including phenoxy) is 1. The molecule has 100 valence electrons. The van der Waals surface area contributed by atoms with E-state index in [1.807, 2.05) is 24.3 Å². The molecule has 1 fully saturated rings. The summed E-state index contributed by atoms with van der Waals surface area (Å²) in [6.45, 7) is 4.31. The molecule has 5 heteroatoms. The fourth-order valence-corrected chi connectivity index (χ4v) is 2.22. The molecule has 0 atom stereocenters. The second-order valence-corrected chi connectivity index (χ2v) is 5.38. The maximum atomic E-state index is 11.9. The quantitative estimate of drug-likeness (QED) is 0.593. The summed E-state index contributed by atoms with van der Waals surface area (Å²) in [4.78, 5) is 14.2. The van der Waals surface area contributed by atoms with Gasteiger partial charge >= 0.3 is 0 Å². The smallest absolute Gasteiger partial charge is 0.164 e. The van der Waals surface area contributed by atoms with Gasteiger partial charge in [0.25, 0.3) is 0 Å². The molecule has 18 heavy (non-hydrogen) atoms. The molecule has 0 bridgehead atoms. The molecule has 0 spiro atoms. The van der Waals surface area contributed by atoms with Crippen molar-refractivity contribution in [1.29, 1.82) is 0 Å². The van der Waals surface area contributed by atoms with Crippen molar-refractivity contribution < 1.29 is 9.53 Å². The molecular formula is C13H17ClINO2. The van der Waals surface area contributed by atoms with Gasteiger partial charge in [-0.15, -0.1) is 12.4 Å². The Morgan fingerprint density at radius 2 is 1.83 bits per heavy atom. The monoisotopic (exact) mass is 381 g/mol. The molecule has 0 radical (unpaired) electrons. The van der Waals surface area contributed by atoms with Crippen LogP contribution in [-0.4, -0.2) is 43.5 Å². The van der Waals surface area contributed by atoms with Gasteiger partial charge in [0.05, 0.1) is 13.2 Å². The molecule has 1 heterocycles. The molecule has 1 aromatic rings. The van der Waals surface area contributed by atoms with Crippen LogP contribution in [0.3, 0.4) is 0 Å². The third-order valence-electron chi connectivity index (χ3n) is 2.92. The Bertz CT molecular complexity index is 377. The number of carbonyl (C=O) groups excluding carboxylic acids is 1. The first-order chi connectivity index (χ1) is 8.25. The highest BCUT2D eigenvalue weighted by Gasteiger charge is 2.12. The van der Waals surface area contributed by atoms with Crippen molar-refractivity contribution in [3.8, 4) is 0 Å². The predicted molar refractivity (Wildman–Crippen MR) is 82.6 cm³/mol. The van der Waals surface area contributed by atoms with Crippen molar-refractivity contribution in [3.05, 3.63) is 33.4 Å². The number of hydrogen-bond acceptors (Lipinski definition) is 3. The maximum absolute atomic E-state index is 11.9. The number of carbonyl (C=O) groups is 1. The summed E-state index contributed by atoms with van der Waals surface area (Å²) in [7, 11) is 0. The van der Waals surface area contributed by atoms with E-state index in [-0.39, 0.29) is 18.2 Å². The fraction of sp³-hybridized carbons (Fsp3) is 0.462. The van der Waals surface area contributed by atoms with Crippen LogP contribution in [0.25, 0.3) is 0 Å². The molecule has 2 rings (SSSR count). The van der Waals surface area contributed by atoms with E-state index in [9.17, 15) is 4.79 Å². The van der Waals surface area contributed by atoms with Crippen LogP contribution in [-0.2, 0) is 4.74 Å². The van der Waals surface area contributed by atoms with Crippen LogP contribution in [0.15, 0.2) is 24.3 Å². The minimum atomic E-state index is 0. The average molecular weight is 382 g/mol. The van der Waals surface area contributed by atoms with Crippen LogP contribution in [0.5, 0.6) is 0 Å². The van der Waals surface area contributed by atoms with Crippen LogP contribution in [0, 0.1) is 3.57 Å². The van der Waals surface area contributed by atoms with Crippen molar-refractivity contribution in [2.45, 2.75) is 6.42 Å². The first-order valence-corrected chi connectivity index (χ1v) is 6.92. The SMILES string of the molecule is Cl.O=C(CCN1CCOCC1)c1ccc(I)cc1. The minimum absolute atomic E-state index is 0. The zero-order chi connectivity index (χ0) is 12.1. The zero-order valence-electron chi connectivity index (χ0n) is 10.1. The van der Waals surface area contributed by atoms with E-state index < -0.39 is 0 Å². The van der Waals surface area contributed by atoms with Gasteiger partial charge in [0.1, 0.15) is 0 Å². The fourth-order valence-electron chi connectivity index (χ4n) is 1.86. The van der Waals surface area contributed by atoms with E-state index in [0.29, 0.717) is 6.42 Å². The van der Waals surface area contributed by atoms with Crippen LogP contribution >= 0.6 is 35.0 Å². The normalized spacial score (nSPS) is 16.1. The van der Waals surface area contributed by atoms with Crippen molar-refractivity contribution in [3.63, 3.8) is 0 Å². The molecule has 1 aromatic carbocycles. The lowest BCUT2D eigenvalue weighted by molar-refractivity contribution is 0.0370. The first kappa shape index (κ1) is 15.9. The number of morpholine rings is 1. The van der Waals surface area contributed by atoms with Crippen molar-refractivity contribution in [2.24, 2.45) is 0 Å². The van der Waals surface area contributed by atoms with Gasteiger partial charge in [0, 0.05) is 35.2 Å². The summed E-state index contributed by atoms with van der Waals surface area (Å²) in [6.07, 6.45) is 0.598. The Morgan fingerprint density at radius 1 is 1.22 bits per heavy atom. The Balaban J connectivity index is 0.00000162. The summed E-state index contributed by atoms with van der Waals surface area (Å²) in [5.41, 5.74) is 0.818. The third-order valence-corrected chi connectivity index (χ3v) is 3.64. The second kappa shape index (κ2) is 8.09. The summed E-state index contributed by atoms with van der Waals surface area (Å²) in [6, 6.07) is 7.76. The van der Waals surface area contributed by atoms with Crippen molar-refractivity contribution in [1.82, 2.24) is 4.90 Å². The Labute approximate surface area is 127 Å². The molecular weight excluding hydrogens is 365 g/mol. The van der Waals surface area contributed by atoms with E-state index in [2.05, 4.69) is 27.5 Å². The van der Waals surface area contributed by atoms with Gasteiger partial charge in [0.2, 0.25) is 0 Å². The molecule has 0 aliphatic carbocycles. The topological polar surface area (TPSA) is 29.5 Å². The Kier molecular flexibility index (Phi) is 7.14. The minimum Gasteiger partial charge on any atom is -0.379 e. The van der Waals surface area contributed by atoms with E-state index >= 15 is 0 Å². The maximum Gasteiger partial charge on any atom is 0.164 e. The largest absolute Gasteiger partial charge is 0.379 e. The van der Waals surface area contributed by atoms with E-state index in [0.717, 1.165) is 42.0 Å². The van der Waals surface area contributed by atoms with Gasteiger partial charge in [0.15, 0.2) is 5.78 Å². The zero-order valence-corrected chi connectivity index (χ0v) is 13.1. The first-order valence-electron chi connectivity index (χ1n) is 5.84. The highest BCUT2D eigenvalue weighted by Crippen LogP contribution is 2.09. The van der Waals surface area contributed by atoms with Crippen LogP contribution < -0.4 is 0 Å². The van der Waals surface area contributed by atoms with E-state index in [4.69, 9.17) is 4.74 Å². The lowest BCUT2D eigenvalue weighted by atomic mass is 10.1. The number of hydrogen-bond donors (Lipinski definition) is 0. The molecule has 0 saturated carbocycles. The molecule has 0 N–H and O–H groups in total. The highest BCUT2D eigenvalue weighted by molar-refractivity contribution is 14.1. The van der Waals surface area contributed by atoms with Crippen LogP contribution in [0.4, 0.5) is 0 Å². The third kappa shape index (κ3) is 4.84. The van der Waals surface area contributed by atoms with Gasteiger partial charge in [-0.1, -0.05) is 12.1 Å². The molecule has 0 amide bonds. The molecule has 1 saturated heterocycles. The summed E-state index contributed by atoms with van der Waals surface area (Å²) >= 11 is 2.24. The molecule has 0 unspecified atom stereocenters. The number of ketones is 1. The second-order valence-electron chi connectivity index (χ2n) is 4.13. The van der Waals surface area contributed by atoms with Crippen molar-refractivity contribution >= 4 is 40.8 Å². The predicted octanol–water partition coefficient (Wildman–Crippen LogP) is 2.62. The summed E-state index contributed by atoms with van der Waals surface area (Å²) in [5, 5.41) is 0. The molecule has 3 nitrogen and oxygen atoms in total. The van der Waals surface area contributed by atoms with Gasteiger partial charge < -0.3 is 4.74 Å². The molecule has 1 aliphatic rings. The number of Topliss-reactive ketones (excluding diaryl/α,β-unsaturated/α-hetero) is 1. The molecule has 0 aromatic heterocycles. The lowest BCUT2D eigenvalue weighted by Gasteiger charge is -2.26. The van der Waals surface area contributed by atoms with Crippen LogP contribution in [0.1, 0.15) is 16.8 Å². The summed E-state index contributed by atoms with van der Waals surface area (Å²) < 4.78 is 6.44. The number of benzene rings is 1. The number of rotatable bonds is 4. The Morgan fingerprint density at radius 3 is 2.44 bits per heavy atom. The highest BCUT2D eigenvalue weighted by atomic mass is 127. The van der Waals surface area contributed by atoms with E-state index in [1.54, 1.807) is 0 Å². The van der Waals surface area contributed by atoms with Gasteiger partial charge in [-0.25, -0.2) is 0 Å². The standard InChI is InChI=1S/C13H16INO2.ClH/c14-12-3-1-11(2-4-12)13(16)5-6-15-7-9-17-10-8-15;/h1-4H,5-10H2;1H. The van der Waals surface area contributed by atoms with Gasteiger partial charge in [-0.05, 0) is 34.7 Å². The number of nitrogens with zero attached hydrogens (tertiary/aromatic N) is 1. The Hall–Kier alpha value is -0.170.